The maximum absolute atomic E-state index is 12.9. The summed E-state index contributed by atoms with van der Waals surface area (Å²) >= 11 is 0. The second-order valence-corrected chi connectivity index (χ2v) is 9.05. The minimum atomic E-state index is -0.409. The largest absolute Gasteiger partial charge is 0.494 e. The molecule has 1 aliphatic rings. The fraction of sp³-hybridized carbons (Fsp3) is 0.519. The lowest BCUT2D eigenvalue weighted by atomic mass is 9.70. The fourth-order valence-corrected chi connectivity index (χ4v) is 4.58. The molecule has 2 aromatic rings. The highest BCUT2D eigenvalue weighted by atomic mass is 19.1. The molecule has 0 bridgehead atoms. The molecular weight excluding hydrogens is 401 g/mol. The summed E-state index contributed by atoms with van der Waals surface area (Å²) in [5.74, 6) is 0.767. The van der Waals surface area contributed by atoms with Crippen LogP contribution in [0.4, 0.5) is 4.39 Å². The summed E-state index contributed by atoms with van der Waals surface area (Å²) in [6.07, 6.45) is 2.89. The van der Waals surface area contributed by atoms with Crippen molar-refractivity contribution >= 4 is 0 Å². The molecule has 3 rings (SSSR count). The van der Waals surface area contributed by atoms with Crippen LogP contribution in [-0.4, -0.2) is 55.7 Å². The van der Waals surface area contributed by atoms with Gasteiger partial charge in [-0.15, -0.1) is 0 Å². The summed E-state index contributed by atoms with van der Waals surface area (Å²) in [6, 6.07) is 19.1. The molecule has 0 spiro atoms. The third-order valence-electron chi connectivity index (χ3n) is 6.69. The van der Waals surface area contributed by atoms with Gasteiger partial charge in [0.25, 0.3) is 0 Å². The van der Waals surface area contributed by atoms with E-state index in [2.05, 4.69) is 41.8 Å². The van der Waals surface area contributed by atoms with Crippen LogP contribution in [0.2, 0.25) is 0 Å². The van der Waals surface area contributed by atoms with Crippen LogP contribution in [0, 0.1) is 23.1 Å². The van der Waals surface area contributed by atoms with Crippen molar-refractivity contribution in [3.8, 4) is 11.8 Å². The molecule has 0 radical (unpaired) electrons. The first-order chi connectivity index (χ1) is 15.5. The number of hydrogen-bond acceptors (Lipinski definition) is 4. The van der Waals surface area contributed by atoms with Gasteiger partial charge in [0, 0.05) is 32.7 Å². The van der Waals surface area contributed by atoms with E-state index in [1.165, 1.54) is 12.1 Å². The third kappa shape index (κ3) is 6.54. The summed E-state index contributed by atoms with van der Waals surface area (Å²) in [5, 5.41) is 10.1. The van der Waals surface area contributed by atoms with E-state index in [4.69, 9.17) is 4.74 Å². The first-order valence-electron chi connectivity index (χ1n) is 11.8. The van der Waals surface area contributed by atoms with Crippen molar-refractivity contribution in [3.05, 3.63) is 66.0 Å². The lowest BCUT2D eigenvalue weighted by Crippen LogP contribution is -2.47. The number of rotatable bonds is 11. The Balaban J connectivity index is 1.35. The first kappa shape index (κ1) is 24.2. The van der Waals surface area contributed by atoms with E-state index in [1.807, 2.05) is 18.2 Å². The van der Waals surface area contributed by atoms with Crippen LogP contribution in [0.5, 0.6) is 5.75 Å². The van der Waals surface area contributed by atoms with Crippen LogP contribution in [0.3, 0.4) is 0 Å². The minimum absolute atomic E-state index is 0.238. The molecule has 0 amide bonds. The lowest BCUT2D eigenvalue weighted by molar-refractivity contribution is 0.122. The number of hydrogen-bond donors (Lipinski definition) is 0. The normalized spacial score (nSPS) is 17.1. The molecular formula is C27H36FN3O. The van der Waals surface area contributed by atoms with E-state index >= 15 is 0 Å². The minimum Gasteiger partial charge on any atom is -0.494 e. The molecule has 4 nitrogen and oxygen atoms in total. The van der Waals surface area contributed by atoms with Gasteiger partial charge in [0.05, 0.1) is 18.1 Å². The van der Waals surface area contributed by atoms with Crippen LogP contribution < -0.4 is 4.74 Å². The molecule has 1 atom stereocenters. The van der Waals surface area contributed by atoms with E-state index in [9.17, 15) is 9.65 Å². The van der Waals surface area contributed by atoms with E-state index in [-0.39, 0.29) is 11.7 Å². The zero-order valence-electron chi connectivity index (χ0n) is 19.5. The summed E-state index contributed by atoms with van der Waals surface area (Å²) in [6.45, 7) is 11.3. The summed E-state index contributed by atoms with van der Waals surface area (Å²) in [7, 11) is 0. The van der Waals surface area contributed by atoms with Crippen molar-refractivity contribution in [2.24, 2.45) is 5.92 Å². The average Bonchev–Trinajstić information content (AvgIpc) is 2.82. The molecule has 1 aliphatic heterocycles. The van der Waals surface area contributed by atoms with E-state index < -0.39 is 5.41 Å². The predicted octanol–water partition coefficient (Wildman–Crippen LogP) is 5.11. The number of nitrogens with zero attached hydrogens (tertiary/aromatic N) is 3. The molecule has 2 aromatic carbocycles. The van der Waals surface area contributed by atoms with Crippen LogP contribution in [0.15, 0.2) is 54.6 Å². The van der Waals surface area contributed by atoms with Crippen LogP contribution in [-0.2, 0) is 5.41 Å². The predicted molar refractivity (Wildman–Crippen MR) is 127 cm³/mol. The van der Waals surface area contributed by atoms with Crippen molar-refractivity contribution < 1.29 is 9.13 Å². The van der Waals surface area contributed by atoms with Gasteiger partial charge in [-0.1, -0.05) is 44.2 Å². The van der Waals surface area contributed by atoms with Gasteiger partial charge in [-0.05, 0) is 61.6 Å². The third-order valence-corrected chi connectivity index (χ3v) is 6.69. The monoisotopic (exact) mass is 437 g/mol. The number of halogens is 1. The van der Waals surface area contributed by atoms with Gasteiger partial charge in [-0.2, -0.15) is 5.26 Å². The topological polar surface area (TPSA) is 39.5 Å². The van der Waals surface area contributed by atoms with Crippen molar-refractivity contribution in [3.63, 3.8) is 0 Å². The molecule has 1 fully saturated rings. The Kier molecular flexibility index (Phi) is 9.08. The van der Waals surface area contributed by atoms with Crippen molar-refractivity contribution in [2.75, 3.05) is 45.9 Å². The highest BCUT2D eigenvalue weighted by Gasteiger charge is 2.35. The SMILES string of the molecule is CC(C)C(C#N)(CCCN1CCN(CCCOc2ccc(F)cc2)CC1)c1ccccc1. The Bertz CT molecular complexity index is 841. The zero-order chi connectivity index (χ0) is 22.8. The lowest BCUT2D eigenvalue weighted by Gasteiger charge is -2.36. The smallest absolute Gasteiger partial charge is 0.123 e. The Hall–Kier alpha value is -2.42. The van der Waals surface area contributed by atoms with Gasteiger partial charge in [-0.25, -0.2) is 4.39 Å². The second-order valence-electron chi connectivity index (χ2n) is 9.05. The maximum Gasteiger partial charge on any atom is 0.123 e. The van der Waals surface area contributed by atoms with Gasteiger partial charge >= 0.3 is 0 Å². The van der Waals surface area contributed by atoms with E-state index in [1.54, 1.807) is 12.1 Å². The van der Waals surface area contributed by atoms with Crippen LogP contribution in [0.1, 0.15) is 38.7 Å². The standard InChI is InChI=1S/C27H36FN3O/c1-23(2)27(22-29,24-8-4-3-5-9-24)14-6-15-30-17-19-31(20-18-30)16-7-21-32-26-12-10-25(28)11-13-26/h3-5,8-13,23H,6-7,14-21H2,1-2H3. The van der Waals surface area contributed by atoms with Crippen LogP contribution >= 0.6 is 0 Å². The number of benzene rings is 2. The molecule has 1 saturated heterocycles. The fourth-order valence-electron chi connectivity index (χ4n) is 4.58. The number of nitriles is 1. The first-order valence-corrected chi connectivity index (χ1v) is 11.8. The Morgan fingerprint density at radius 3 is 2.09 bits per heavy atom. The van der Waals surface area contributed by atoms with E-state index in [0.717, 1.165) is 69.8 Å². The zero-order valence-corrected chi connectivity index (χ0v) is 19.5. The molecule has 1 unspecified atom stereocenters. The number of piperazine rings is 1. The average molecular weight is 438 g/mol. The van der Waals surface area contributed by atoms with Gasteiger partial charge in [0.1, 0.15) is 11.6 Å². The molecule has 32 heavy (non-hydrogen) atoms. The molecule has 5 heteroatoms. The quantitative estimate of drug-likeness (QED) is 0.458. The Morgan fingerprint density at radius 1 is 0.938 bits per heavy atom. The summed E-state index contributed by atoms with van der Waals surface area (Å²) in [5.41, 5.74) is 0.735. The Morgan fingerprint density at radius 2 is 1.53 bits per heavy atom. The van der Waals surface area contributed by atoms with Gasteiger partial charge in [0.2, 0.25) is 0 Å². The van der Waals surface area contributed by atoms with Crippen molar-refractivity contribution in [2.45, 2.75) is 38.5 Å². The molecule has 0 N–H and O–H groups in total. The van der Waals surface area contributed by atoms with Gasteiger partial charge < -0.3 is 14.5 Å². The van der Waals surface area contributed by atoms with Gasteiger partial charge in [-0.3, -0.25) is 0 Å². The summed E-state index contributed by atoms with van der Waals surface area (Å²) in [4.78, 5) is 5.02. The van der Waals surface area contributed by atoms with Crippen molar-refractivity contribution in [1.29, 1.82) is 5.26 Å². The maximum atomic E-state index is 12.9. The second kappa shape index (κ2) is 12.0. The number of ether oxygens (including phenoxy) is 1. The molecule has 1 heterocycles. The highest BCUT2D eigenvalue weighted by Crippen LogP contribution is 2.36. The van der Waals surface area contributed by atoms with Gasteiger partial charge in [0.15, 0.2) is 0 Å². The molecule has 0 saturated carbocycles. The van der Waals surface area contributed by atoms with Crippen LogP contribution in [0.25, 0.3) is 0 Å². The highest BCUT2D eigenvalue weighted by molar-refractivity contribution is 5.33. The van der Waals surface area contributed by atoms with Crippen molar-refractivity contribution in [1.82, 2.24) is 9.80 Å². The van der Waals surface area contributed by atoms with E-state index in [0.29, 0.717) is 6.61 Å². The molecule has 0 aromatic heterocycles. The summed E-state index contributed by atoms with van der Waals surface area (Å²) < 4.78 is 18.6. The Labute approximate surface area is 192 Å². The molecule has 0 aliphatic carbocycles. The molecule has 172 valence electrons.